The molecule has 0 aliphatic carbocycles. The minimum atomic E-state index is 1.17. The van der Waals surface area contributed by atoms with E-state index in [9.17, 15) is 0 Å². The highest BCUT2D eigenvalue weighted by atomic mass is 14.8. The highest BCUT2D eigenvalue weighted by Gasteiger charge is 1.91. The third kappa shape index (κ3) is 1.84. The third-order valence-corrected chi connectivity index (χ3v) is 1.58. The molecule has 0 radical (unpaired) electrons. The molecule has 0 heterocycles. The highest BCUT2D eigenvalue weighted by molar-refractivity contribution is 5.65. The number of anilines is 1. The van der Waals surface area contributed by atoms with Gasteiger partial charge in [-0.15, -0.1) is 0 Å². The molecule has 0 aliphatic heterocycles. The van der Waals surface area contributed by atoms with Crippen molar-refractivity contribution in [1.29, 1.82) is 0 Å². The van der Waals surface area contributed by atoms with Gasteiger partial charge in [0, 0.05) is 12.7 Å². The van der Waals surface area contributed by atoms with Crippen LogP contribution < -0.4 is 5.32 Å². The summed E-state index contributed by atoms with van der Waals surface area (Å²) in [6.45, 7) is 2.02. The predicted molar refractivity (Wildman–Crippen MR) is 50.7 cm³/mol. The largest absolute Gasteiger partial charge is 0.388 e. The van der Waals surface area contributed by atoms with E-state index in [-0.39, 0.29) is 0 Å². The minimum Gasteiger partial charge on any atom is -0.388 e. The first-order chi connectivity index (χ1) is 5.38. The molecule has 0 saturated heterocycles. The molecule has 1 heteroatoms. The summed E-state index contributed by atoms with van der Waals surface area (Å²) >= 11 is 0. The van der Waals surface area contributed by atoms with Crippen LogP contribution in [0.2, 0.25) is 0 Å². The van der Waals surface area contributed by atoms with Crippen LogP contribution in [0, 0.1) is 0 Å². The van der Waals surface area contributed by atoms with Crippen LogP contribution in [-0.4, -0.2) is 7.05 Å². The summed E-state index contributed by atoms with van der Waals surface area (Å²) in [4.78, 5) is 0. The number of para-hydroxylation sites is 1. The number of benzene rings is 1. The van der Waals surface area contributed by atoms with E-state index in [0.717, 1.165) is 0 Å². The van der Waals surface area contributed by atoms with Crippen molar-refractivity contribution in [3.8, 4) is 0 Å². The lowest BCUT2D eigenvalue weighted by Crippen LogP contribution is -1.89. The average molecular weight is 147 g/mol. The molecular formula is C10H13N. The Kier molecular flexibility index (Phi) is 2.73. The molecule has 1 rings (SSSR count). The van der Waals surface area contributed by atoms with Crippen LogP contribution in [0.5, 0.6) is 0 Å². The molecular weight excluding hydrogens is 134 g/mol. The van der Waals surface area contributed by atoms with Crippen molar-refractivity contribution in [2.75, 3.05) is 12.4 Å². The fourth-order valence-corrected chi connectivity index (χ4v) is 1.05. The van der Waals surface area contributed by atoms with Gasteiger partial charge in [-0.1, -0.05) is 30.4 Å². The van der Waals surface area contributed by atoms with Crippen molar-refractivity contribution in [2.45, 2.75) is 6.92 Å². The number of hydrogen-bond acceptors (Lipinski definition) is 1. The lowest BCUT2D eigenvalue weighted by Gasteiger charge is -2.02. The number of allylic oxidation sites excluding steroid dienone is 1. The summed E-state index contributed by atoms with van der Waals surface area (Å²) in [6.07, 6.45) is 4.13. The van der Waals surface area contributed by atoms with E-state index in [1.54, 1.807) is 0 Å². The Morgan fingerprint density at radius 2 is 2.00 bits per heavy atom. The van der Waals surface area contributed by atoms with E-state index >= 15 is 0 Å². The molecule has 1 aromatic rings. The van der Waals surface area contributed by atoms with E-state index in [2.05, 4.69) is 23.5 Å². The van der Waals surface area contributed by atoms with Crippen molar-refractivity contribution in [1.82, 2.24) is 0 Å². The van der Waals surface area contributed by atoms with E-state index < -0.39 is 0 Å². The van der Waals surface area contributed by atoms with E-state index in [4.69, 9.17) is 0 Å². The fourth-order valence-electron chi connectivity index (χ4n) is 1.05. The van der Waals surface area contributed by atoms with Gasteiger partial charge >= 0.3 is 0 Å². The van der Waals surface area contributed by atoms with Gasteiger partial charge in [0.1, 0.15) is 0 Å². The Hall–Kier alpha value is -1.24. The highest BCUT2D eigenvalue weighted by Crippen LogP contribution is 2.15. The van der Waals surface area contributed by atoms with Gasteiger partial charge in [-0.05, 0) is 18.6 Å². The average Bonchev–Trinajstić information content (AvgIpc) is 2.06. The maximum absolute atomic E-state index is 3.13. The summed E-state index contributed by atoms with van der Waals surface area (Å²) in [7, 11) is 1.93. The van der Waals surface area contributed by atoms with Gasteiger partial charge in [-0.25, -0.2) is 0 Å². The van der Waals surface area contributed by atoms with Gasteiger partial charge in [0.25, 0.3) is 0 Å². The zero-order valence-electron chi connectivity index (χ0n) is 6.96. The molecule has 1 aromatic carbocycles. The van der Waals surface area contributed by atoms with Crippen LogP contribution in [0.25, 0.3) is 6.08 Å². The molecule has 0 amide bonds. The molecule has 0 saturated carbocycles. The zero-order valence-corrected chi connectivity index (χ0v) is 6.96. The van der Waals surface area contributed by atoms with Crippen molar-refractivity contribution in [3.05, 3.63) is 35.9 Å². The smallest absolute Gasteiger partial charge is 0.0411 e. The van der Waals surface area contributed by atoms with Crippen LogP contribution in [0.15, 0.2) is 30.3 Å². The lowest BCUT2D eigenvalue weighted by atomic mass is 10.1. The Morgan fingerprint density at radius 3 is 2.64 bits per heavy atom. The standard InChI is InChI=1S/C10H13N/c1-3-6-9-7-4-5-8-10(9)11-2/h3-8,11H,1-2H3. The predicted octanol–water partition coefficient (Wildman–Crippen LogP) is 2.76. The molecule has 0 aromatic heterocycles. The van der Waals surface area contributed by atoms with Crippen LogP contribution >= 0.6 is 0 Å². The Balaban J connectivity index is 3.02. The van der Waals surface area contributed by atoms with Gasteiger partial charge in [-0.2, -0.15) is 0 Å². The maximum atomic E-state index is 3.13. The summed E-state index contributed by atoms with van der Waals surface area (Å²) in [5.41, 5.74) is 2.41. The second kappa shape index (κ2) is 3.81. The Bertz CT molecular complexity index is 251. The Labute approximate surface area is 67.8 Å². The van der Waals surface area contributed by atoms with Crippen LogP contribution in [0.4, 0.5) is 5.69 Å². The summed E-state index contributed by atoms with van der Waals surface area (Å²) < 4.78 is 0. The van der Waals surface area contributed by atoms with Gasteiger partial charge in [-0.3, -0.25) is 0 Å². The third-order valence-electron chi connectivity index (χ3n) is 1.58. The molecule has 1 N–H and O–H groups in total. The van der Waals surface area contributed by atoms with Crippen molar-refractivity contribution >= 4 is 11.8 Å². The summed E-state index contributed by atoms with van der Waals surface area (Å²) in [5, 5.41) is 3.13. The lowest BCUT2D eigenvalue weighted by molar-refractivity contribution is 1.49. The quantitative estimate of drug-likeness (QED) is 0.678. The first kappa shape index (κ1) is 7.86. The monoisotopic (exact) mass is 147 g/mol. The topological polar surface area (TPSA) is 12.0 Å². The number of hydrogen-bond donors (Lipinski definition) is 1. The van der Waals surface area contributed by atoms with Crippen molar-refractivity contribution in [3.63, 3.8) is 0 Å². The maximum Gasteiger partial charge on any atom is 0.0411 e. The van der Waals surface area contributed by atoms with E-state index in [1.807, 2.05) is 32.2 Å². The molecule has 0 bridgehead atoms. The second-order valence-electron chi connectivity index (χ2n) is 2.34. The molecule has 0 unspecified atom stereocenters. The fraction of sp³-hybridized carbons (Fsp3) is 0.200. The number of rotatable bonds is 2. The van der Waals surface area contributed by atoms with Crippen molar-refractivity contribution in [2.24, 2.45) is 0 Å². The van der Waals surface area contributed by atoms with E-state index in [1.165, 1.54) is 11.3 Å². The van der Waals surface area contributed by atoms with Gasteiger partial charge in [0.05, 0.1) is 0 Å². The number of nitrogens with one attached hydrogen (secondary N) is 1. The molecule has 0 atom stereocenters. The normalized spacial score (nSPS) is 10.4. The zero-order chi connectivity index (χ0) is 8.10. The van der Waals surface area contributed by atoms with Gasteiger partial charge in [0.2, 0.25) is 0 Å². The molecule has 11 heavy (non-hydrogen) atoms. The van der Waals surface area contributed by atoms with Crippen LogP contribution in [0.1, 0.15) is 12.5 Å². The molecule has 0 fully saturated rings. The van der Waals surface area contributed by atoms with Gasteiger partial charge in [0.15, 0.2) is 0 Å². The first-order valence-electron chi connectivity index (χ1n) is 3.78. The Morgan fingerprint density at radius 1 is 1.27 bits per heavy atom. The second-order valence-corrected chi connectivity index (χ2v) is 2.34. The molecule has 0 spiro atoms. The van der Waals surface area contributed by atoms with Crippen molar-refractivity contribution < 1.29 is 0 Å². The molecule has 58 valence electrons. The minimum absolute atomic E-state index is 1.17. The van der Waals surface area contributed by atoms with Crippen LogP contribution in [0.3, 0.4) is 0 Å². The summed E-state index contributed by atoms with van der Waals surface area (Å²) in [6, 6.07) is 8.22. The summed E-state index contributed by atoms with van der Waals surface area (Å²) in [5.74, 6) is 0. The molecule has 0 aliphatic rings. The SMILES string of the molecule is CC=Cc1ccccc1NC. The van der Waals surface area contributed by atoms with Crippen LogP contribution in [-0.2, 0) is 0 Å². The first-order valence-corrected chi connectivity index (χ1v) is 3.78. The van der Waals surface area contributed by atoms with E-state index in [0.29, 0.717) is 0 Å². The van der Waals surface area contributed by atoms with Gasteiger partial charge < -0.3 is 5.32 Å². The molecule has 1 nitrogen and oxygen atoms in total.